The summed E-state index contributed by atoms with van der Waals surface area (Å²) >= 11 is 0. The fourth-order valence-corrected chi connectivity index (χ4v) is 1.73. The van der Waals surface area contributed by atoms with Crippen LogP contribution >= 0.6 is 0 Å². The maximum atomic E-state index is 12.0. The van der Waals surface area contributed by atoms with E-state index in [-0.39, 0.29) is 24.7 Å². The van der Waals surface area contributed by atoms with Gasteiger partial charge < -0.3 is 19.1 Å². The number of hydrogen-bond acceptors (Lipinski definition) is 5. The minimum atomic E-state index is -0.740. The van der Waals surface area contributed by atoms with Crippen molar-refractivity contribution in [2.75, 3.05) is 26.3 Å². The summed E-state index contributed by atoms with van der Waals surface area (Å²) in [5, 5.41) is 0. The van der Waals surface area contributed by atoms with Crippen molar-refractivity contribution in [3.05, 3.63) is 12.3 Å². The Morgan fingerprint density at radius 1 is 1.40 bits per heavy atom. The van der Waals surface area contributed by atoms with E-state index in [1.54, 1.807) is 27.7 Å². The average molecular weight is 285 g/mol. The summed E-state index contributed by atoms with van der Waals surface area (Å²) in [6.07, 6.45) is -1.18. The van der Waals surface area contributed by atoms with Crippen molar-refractivity contribution in [1.29, 1.82) is 0 Å². The molecule has 1 fully saturated rings. The molecule has 0 saturated carbocycles. The molecule has 0 radical (unpaired) electrons. The Morgan fingerprint density at radius 3 is 2.60 bits per heavy atom. The Bertz CT molecular complexity index is 386. The van der Waals surface area contributed by atoms with Gasteiger partial charge in [-0.2, -0.15) is 0 Å². The predicted molar refractivity (Wildman–Crippen MR) is 73.3 cm³/mol. The van der Waals surface area contributed by atoms with E-state index in [0.717, 1.165) is 0 Å². The Morgan fingerprint density at radius 2 is 2.05 bits per heavy atom. The molecule has 1 aliphatic rings. The van der Waals surface area contributed by atoms with Crippen LogP contribution in [0.2, 0.25) is 0 Å². The Balaban J connectivity index is 2.60. The second-order valence-electron chi connectivity index (χ2n) is 5.51. The first-order chi connectivity index (χ1) is 9.24. The number of hydrogen-bond donors (Lipinski definition) is 0. The molecule has 0 aromatic rings. The minimum Gasteiger partial charge on any atom is -0.491 e. The summed E-state index contributed by atoms with van der Waals surface area (Å²) < 4.78 is 15.7. The van der Waals surface area contributed by atoms with Crippen LogP contribution in [-0.4, -0.2) is 54.8 Å². The standard InChI is InChI=1S/C14H23NO5/c1-6-18-10(2)12(16)11-9-15(7-8-19-11)13(17)20-14(3,4)5/h11H,2,6-9H2,1,3-5H3. The van der Waals surface area contributed by atoms with Crippen LogP contribution in [0.4, 0.5) is 4.79 Å². The van der Waals surface area contributed by atoms with Gasteiger partial charge in [-0.25, -0.2) is 4.79 Å². The number of nitrogens with zero attached hydrogens (tertiary/aromatic N) is 1. The molecule has 1 amide bonds. The summed E-state index contributed by atoms with van der Waals surface area (Å²) in [5.41, 5.74) is -0.566. The van der Waals surface area contributed by atoms with Gasteiger partial charge in [0, 0.05) is 6.54 Å². The van der Waals surface area contributed by atoms with Crippen molar-refractivity contribution >= 4 is 11.9 Å². The predicted octanol–water partition coefficient (Wildman–Crippen LogP) is 1.74. The molecule has 1 unspecified atom stereocenters. The normalized spacial score (nSPS) is 19.4. The lowest BCUT2D eigenvalue weighted by molar-refractivity contribution is -0.135. The van der Waals surface area contributed by atoms with E-state index < -0.39 is 17.8 Å². The second-order valence-corrected chi connectivity index (χ2v) is 5.51. The van der Waals surface area contributed by atoms with E-state index in [1.807, 2.05) is 0 Å². The number of rotatable bonds is 4. The zero-order valence-electron chi connectivity index (χ0n) is 12.6. The van der Waals surface area contributed by atoms with Gasteiger partial charge in [-0.15, -0.1) is 0 Å². The quantitative estimate of drug-likeness (QED) is 0.581. The highest BCUT2D eigenvalue weighted by Crippen LogP contribution is 2.15. The van der Waals surface area contributed by atoms with Gasteiger partial charge in [-0.3, -0.25) is 4.79 Å². The van der Waals surface area contributed by atoms with Crippen LogP contribution in [0, 0.1) is 0 Å². The van der Waals surface area contributed by atoms with Gasteiger partial charge in [-0.05, 0) is 27.7 Å². The smallest absolute Gasteiger partial charge is 0.410 e. The van der Waals surface area contributed by atoms with Gasteiger partial charge in [0.2, 0.25) is 5.78 Å². The molecule has 114 valence electrons. The number of ketones is 1. The Kier molecular flexibility index (Phi) is 5.56. The molecule has 0 bridgehead atoms. The molecule has 6 nitrogen and oxygen atoms in total. The summed E-state index contributed by atoms with van der Waals surface area (Å²) in [7, 11) is 0. The molecule has 0 spiro atoms. The van der Waals surface area contributed by atoms with Gasteiger partial charge in [0.1, 0.15) is 11.7 Å². The fraction of sp³-hybridized carbons (Fsp3) is 0.714. The van der Waals surface area contributed by atoms with Gasteiger partial charge in [0.25, 0.3) is 0 Å². The van der Waals surface area contributed by atoms with Crippen LogP contribution in [0.3, 0.4) is 0 Å². The van der Waals surface area contributed by atoms with E-state index in [1.165, 1.54) is 4.90 Å². The van der Waals surface area contributed by atoms with Gasteiger partial charge in [0.15, 0.2) is 5.76 Å². The zero-order valence-corrected chi connectivity index (χ0v) is 12.6. The molecular formula is C14H23NO5. The van der Waals surface area contributed by atoms with E-state index in [9.17, 15) is 9.59 Å². The van der Waals surface area contributed by atoms with Crippen LogP contribution in [0.15, 0.2) is 12.3 Å². The number of morpholine rings is 1. The van der Waals surface area contributed by atoms with Gasteiger partial charge >= 0.3 is 6.09 Å². The lowest BCUT2D eigenvalue weighted by atomic mass is 10.1. The summed E-state index contributed by atoms with van der Waals surface area (Å²) in [4.78, 5) is 25.4. The molecule has 1 aliphatic heterocycles. The highest BCUT2D eigenvalue weighted by Gasteiger charge is 2.33. The zero-order chi connectivity index (χ0) is 15.3. The Hall–Kier alpha value is -1.56. The third-order valence-electron chi connectivity index (χ3n) is 2.60. The second kappa shape index (κ2) is 6.74. The number of ether oxygens (including phenoxy) is 3. The monoisotopic (exact) mass is 285 g/mol. The molecule has 20 heavy (non-hydrogen) atoms. The maximum Gasteiger partial charge on any atom is 0.410 e. The van der Waals surface area contributed by atoms with Crippen molar-refractivity contribution in [2.24, 2.45) is 0 Å². The minimum absolute atomic E-state index is 0.0588. The van der Waals surface area contributed by atoms with Crippen molar-refractivity contribution in [2.45, 2.75) is 39.4 Å². The molecule has 0 aromatic carbocycles. The summed E-state index contributed by atoms with van der Waals surface area (Å²) in [6, 6.07) is 0. The molecule has 0 aromatic heterocycles. The molecule has 1 atom stereocenters. The lowest BCUT2D eigenvalue weighted by Gasteiger charge is -2.33. The number of carbonyl (C=O) groups excluding carboxylic acids is 2. The van der Waals surface area contributed by atoms with Crippen molar-refractivity contribution in [3.8, 4) is 0 Å². The first-order valence-electron chi connectivity index (χ1n) is 6.70. The van der Waals surface area contributed by atoms with E-state index in [2.05, 4.69) is 6.58 Å². The number of amides is 1. The SMILES string of the molecule is C=C(OCC)C(=O)C1CN(C(=O)OC(C)(C)C)CCO1. The highest BCUT2D eigenvalue weighted by molar-refractivity contribution is 5.97. The molecule has 6 heteroatoms. The van der Waals surface area contributed by atoms with E-state index in [0.29, 0.717) is 13.2 Å². The van der Waals surface area contributed by atoms with Crippen molar-refractivity contribution in [1.82, 2.24) is 4.90 Å². The third kappa shape index (κ3) is 4.85. The first-order valence-corrected chi connectivity index (χ1v) is 6.70. The van der Waals surface area contributed by atoms with Gasteiger partial charge in [0.05, 0.1) is 19.8 Å². The number of carbonyl (C=O) groups is 2. The molecule has 0 N–H and O–H groups in total. The number of Topliss-reactive ketones (excluding diaryl/α,β-unsaturated/α-hetero) is 1. The van der Waals surface area contributed by atoms with E-state index in [4.69, 9.17) is 14.2 Å². The van der Waals surface area contributed by atoms with Crippen LogP contribution in [0.1, 0.15) is 27.7 Å². The van der Waals surface area contributed by atoms with Crippen LogP contribution in [-0.2, 0) is 19.0 Å². The molecule has 1 heterocycles. The van der Waals surface area contributed by atoms with Crippen LogP contribution in [0.5, 0.6) is 0 Å². The largest absolute Gasteiger partial charge is 0.491 e. The van der Waals surface area contributed by atoms with Crippen molar-refractivity contribution in [3.63, 3.8) is 0 Å². The summed E-state index contributed by atoms with van der Waals surface area (Å²) in [6.45, 7) is 11.9. The van der Waals surface area contributed by atoms with Crippen LogP contribution in [0.25, 0.3) is 0 Å². The van der Waals surface area contributed by atoms with Crippen LogP contribution < -0.4 is 0 Å². The molecule has 1 saturated heterocycles. The third-order valence-corrected chi connectivity index (χ3v) is 2.60. The average Bonchev–Trinajstić information content (AvgIpc) is 2.36. The topological polar surface area (TPSA) is 65.1 Å². The molecule has 1 rings (SSSR count). The molecule has 0 aliphatic carbocycles. The Labute approximate surface area is 119 Å². The first kappa shape index (κ1) is 16.5. The highest BCUT2D eigenvalue weighted by atomic mass is 16.6. The van der Waals surface area contributed by atoms with Gasteiger partial charge in [-0.1, -0.05) is 6.58 Å². The maximum absolute atomic E-state index is 12.0. The lowest BCUT2D eigenvalue weighted by Crippen LogP contribution is -2.50. The van der Waals surface area contributed by atoms with Crippen molar-refractivity contribution < 1.29 is 23.8 Å². The summed E-state index contributed by atoms with van der Waals surface area (Å²) in [5.74, 6) is -0.274. The fourth-order valence-electron chi connectivity index (χ4n) is 1.73. The molecular weight excluding hydrogens is 262 g/mol. The van der Waals surface area contributed by atoms with E-state index >= 15 is 0 Å².